The summed E-state index contributed by atoms with van der Waals surface area (Å²) in [7, 11) is 3.71. The zero-order valence-electron chi connectivity index (χ0n) is 15.9. The Morgan fingerprint density at radius 3 is 2.46 bits per heavy atom. The lowest BCUT2D eigenvalue weighted by Crippen LogP contribution is -2.45. The molecule has 2 amide bonds. The van der Waals surface area contributed by atoms with Gasteiger partial charge in [-0.05, 0) is 57.6 Å². The molecule has 0 aliphatic carbocycles. The number of hydrogen-bond donors (Lipinski definition) is 1. The van der Waals surface area contributed by atoms with Crippen molar-refractivity contribution in [1.29, 1.82) is 0 Å². The number of hydrogen-bond acceptors (Lipinski definition) is 4. The van der Waals surface area contributed by atoms with E-state index < -0.39 is 17.8 Å². The van der Waals surface area contributed by atoms with E-state index in [0.717, 1.165) is 16.8 Å². The van der Waals surface area contributed by atoms with Crippen molar-refractivity contribution in [3.8, 4) is 0 Å². The second kappa shape index (κ2) is 8.31. The minimum absolute atomic E-state index is 0.251. The van der Waals surface area contributed by atoms with Gasteiger partial charge in [0.2, 0.25) is 11.8 Å². The van der Waals surface area contributed by atoms with Crippen LogP contribution in [0.25, 0.3) is 0 Å². The summed E-state index contributed by atoms with van der Waals surface area (Å²) < 4.78 is 0. The Bertz CT molecular complexity index is 702. The molecule has 1 N–H and O–H groups in total. The highest BCUT2D eigenvalue weighted by molar-refractivity contribution is 6.10. The minimum atomic E-state index is -1.08. The van der Waals surface area contributed by atoms with Crippen LogP contribution in [0.3, 0.4) is 0 Å². The summed E-state index contributed by atoms with van der Waals surface area (Å²) in [5.74, 6) is -2.53. The predicted octanol–water partition coefficient (Wildman–Crippen LogP) is 1.13. The fraction of sp³-hybridized carbons (Fsp3) is 0.526. The van der Waals surface area contributed by atoms with Crippen molar-refractivity contribution in [2.24, 2.45) is 5.92 Å². The van der Waals surface area contributed by atoms with Gasteiger partial charge in [-0.15, -0.1) is 0 Å². The summed E-state index contributed by atoms with van der Waals surface area (Å²) in [6, 6.07) is 5.79. The molecule has 2 rings (SSSR count). The molecule has 7 nitrogen and oxygen atoms in total. The highest BCUT2D eigenvalue weighted by atomic mass is 16.4. The van der Waals surface area contributed by atoms with Crippen LogP contribution >= 0.6 is 0 Å². The second-order valence-corrected chi connectivity index (χ2v) is 7.06. The predicted molar refractivity (Wildman–Crippen MR) is 99.1 cm³/mol. The molecule has 0 bridgehead atoms. The largest absolute Gasteiger partial charge is 0.480 e. The zero-order chi connectivity index (χ0) is 19.4. The lowest BCUT2D eigenvalue weighted by Gasteiger charge is -2.25. The normalized spacial score (nSPS) is 17.0. The fourth-order valence-electron chi connectivity index (χ4n) is 3.03. The Labute approximate surface area is 154 Å². The van der Waals surface area contributed by atoms with Gasteiger partial charge in [-0.25, -0.2) is 0 Å². The van der Waals surface area contributed by atoms with E-state index in [4.69, 9.17) is 5.11 Å². The molecule has 1 aliphatic heterocycles. The molecule has 1 saturated heterocycles. The molecule has 1 aromatic carbocycles. The number of rotatable bonds is 7. The summed E-state index contributed by atoms with van der Waals surface area (Å²) >= 11 is 0. The molecule has 0 aromatic heterocycles. The molecule has 0 saturated carbocycles. The van der Waals surface area contributed by atoms with E-state index in [9.17, 15) is 14.4 Å². The van der Waals surface area contributed by atoms with E-state index >= 15 is 0 Å². The summed E-state index contributed by atoms with van der Waals surface area (Å²) in [5.41, 5.74) is 3.01. The quantitative estimate of drug-likeness (QED) is 0.737. The Morgan fingerprint density at radius 2 is 1.88 bits per heavy atom. The molecule has 1 atom stereocenters. The van der Waals surface area contributed by atoms with E-state index in [1.165, 1.54) is 4.90 Å². The number of carbonyl (C=O) groups is 3. The van der Waals surface area contributed by atoms with Gasteiger partial charge in [0.05, 0.1) is 0 Å². The van der Waals surface area contributed by atoms with Crippen LogP contribution in [0, 0.1) is 19.8 Å². The van der Waals surface area contributed by atoms with Crippen molar-refractivity contribution in [2.45, 2.75) is 20.3 Å². The Hall–Kier alpha value is -2.41. The number of benzene rings is 1. The molecule has 7 heteroatoms. The first-order valence-corrected chi connectivity index (χ1v) is 8.74. The third-order valence-electron chi connectivity index (χ3n) is 4.76. The number of likely N-dealkylation sites (N-methyl/N-ethyl adjacent to an activating group) is 1. The van der Waals surface area contributed by atoms with Crippen molar-refractivity contribution in [3.63, 3.8) is 0 Å². The monoisotopic (exact) mass is 361 g/mol. The van der Waals surface area contributed by atoms with Gasteiger partial charge in [0.25, 0.3) is 0 Å². The van der Waals surface area contributed by atoms with E-state index in [2.05, 4.69) is 0 Å². The van der Waals surface area contributed by atoms with Crippen LogP contribution in [0.2, 0.25) is 0 Å². The van der Waals surface area contributed by atoms with Crippen molar-refractivity contribution in [3.05, 3.63) is 29.3 Å². The molecule has 0 spiro atoms. The zero-order valence-corrected chi connectivity index (χ0v) is 15.9. The summed E-state index contributed by atoms with van der Waals surface area (Å²) in [6.45, 7) is 4.89. The van der Waals surface area contributed by atoms with Gasteiger partial charge in [-0.3, -0.25) is 14.4 Å². The van der Waals surface area contributed by atoms with Gasteiger partial charge < -0.3 is 19.8 Å². The summed E-state index contributed by atoms with van der Waals surface area (Å²) in [5, 5.41) is 9.09. The lowest BCUT2D eigenvalue weighted by molar-refractivity contribution is -0.148. The molecule has 0 radical (unpaired) electrons. The van der Waals surface area contributed by atoms with Gasteiger partial charge >= 0.3 is 5.97 Å². The number of nitrogens with zero attached hydrogens (tertiary/aromatic N) is 3. The highest BCUT2D eigenvalue weighted by Crippen LogP contribution is 2.28. The second-order valence-electron chi connectivity index (χ2n) is 7.06. The molecule has 1 aromatic rings. The highest BCUT2D eigenvalue weighted by Gasteiger charge is 2.40. The number of amides is 2. The maximum Gasteiger partial charge on any atom is 0.323 e. The number of carboxylic acids is 1. The van der Waals surface area contributed by atoms with E-state index in [0.29, 0.717) is 19.5 Å². The Kier molecular flexibility index (Phi) is 6.37. The minimum Gasteiger partial charge on any atom is -0.480 e. The van der Waals surface area contributed by atoms with E-state index in [1.54, 1.807) is 4.90 Å². The molecule has 0 unspecified atom stereocenters. The Balaban J connectivity index is 2.14. The molecular weight excluding hydrogens is 334 g/mol. The van der Waals surface area contributed by atoms with Gasteiger partial charge in [0.15, 0.2) is 0 Å². The van der Waals surface area contributed by atoms with Crippen LogP contribution in [0.1, 0.15) is 17.5 Å². The molecule has 1 aliphatic rings. The fourth-order valence-corrected chi connectivity index (χ4v) is 3.03. The first kappa shape index (κ1) is 19.9. The van der Waals surface area contributed by atoms with Crippen LogP contribution in [-0.2, 0) is 14.4 Å². The number of anilines is 1. The van der Waals surface area contributed by atoms with Gasteiger partial charge in [0, 0.05) is 25.3 Å². The standard InChI is InChI=1S/C19H27N3O4/c1-13-5-6-15(11-14(13)2)22-8-7-16(19(22)26)18(25)21(12-17(23)24)10-9-20(3)4/h5-6,11,16H,7-10,12H2,1-4H3,(H,23,24)/t16-/m1/s1. The first-order valence-electron chi connectivity index (χ1n) is 8.74. The third kappa shape index (κ3) is 4.60. The molecule has 1 fully saturated rings. The van der Waals surface area contributed by atoms with E-state index in [-0.39, 0.29) is 19.0 Å². The SMILES string of the molecule is Cc1ccc(N2CC[C@H](C(=O)N(CCN(C)C)CC(=O)O)C2=O)cc1C. The molecular formula is C19H27N3O4. The lowest BCUT2D eigenvalue weighted by atomic mass is 10.1. The number of carbonyl (C=O) groups excluding carboxylic acids is 2. The van der Waals surface area contributed by atoms with E-state index in [1.807, 2.05) is 51.0 Å². The Morgan fingerprint density at radius 1 is 1.19 bits per heavy atom. The van der Waals surface area contributed by atoms with Gasteiger partial charge in [0.1, 0.15) is 12.5 Å². The first-order chi connectivity index (χ1) is 12.2. The van der Waals surface area contributed by atoms with Crippen LogP contribution in [-0.4, -0.2) is 73.0 Å². The molecule has 1 heterocycles. The van der Waals surface area contributed by atoms with Crippen molar-refractivity contribution < 1.29 is 19.5 Å². The number of aliphatic carboxylic acids is 1. The van der Waals surface area contributed by atoms with Crippen molar-refractivity contribution >= 4 is 23.5 Å². The average Bonchev–Trinajstić information content (AvgIpc) is 2.94. The smallest absolute Gasteiger partial charge is 0.323 e. The van der Waals surface area contributed by atoms with Crippen LogP contribution < -0.4 is 4.90 Å². The molecule has 26 heavy (non-hydrogen) atoms. The van der Waals surface area contributed by atoms with Crippen LogP contribution in [0.15, 0.2) is 18.2 Å². The van der Waals surface area contributed by atoms with Crippen LogP contribution in [0.4, 0.5) is 5.69 Å². The number of aryl methyl sites for hydroxylation is 2. The average molecular weight is 361 g/mol. The maximum absolute atomic E-state index is 12.8. The van der Waals surface area contributed by atoms with Crippen molar-refractivity contribution in [2.75, 3.05) is 45.2 Å². The summed E-state index contributed by atoms with van der Waals surface area (Å²) in [6.07, 6.45) is 0.405. The maximum atomic E-state index is 12.8. The van der Waals surface area contributed by atoms with Gasteiger partial charge in [-0.1, -0.05) is 6.07 Å². The van der Waals surface area contributed by atoms with Crippen molar-refractivity contribution in [1.82, 2.24) is 9.80 Å². The van der Waals surface area contributed by atoms with Gasteiger partial charge in [-0.2, -0.15) is 0 Å². The third-order valence-corrected chi connectivity index (χ3v) is 4.76. The topological polar surface area (TPSA) is 81.2 Å². The summed E-state index contributed by atoms with van der Waals surface area (Å²) in [4.78, 5) is 41.5. The van der Waals surface area contributed by atoms with Crippen LogP contribution in [0.5, 0.6) is 0 Å². The molecule has 142 valence electrons. The number of carboxylic acid groups (broad SMARTS) is 1.